The van der Waals surface area contributed by atoms with Gasteiger partial charge in [0.2, 0.25) is 0 Å². The molecule has 5 nitrogen and oxygen atoms in total. The Morgan fingerprint density at radius 2 is 1.11 bits per heavy atom. The summed E-state index contributed by atoms with van der Waals surface area (Å²) < 4.78 is 0. The van der Waals surface area contributed by atoms with Crippen molar-refractivity contribution in [2.24, 2.45) is 0 Å². The van der Waals surface area contributed by atoms with Gasteiger partial charge in [0.05, 0.1) is 0 Å². The number of carbonyl (C=O) groups excluding carboxylic acids is 1. The van der Waals surface area contributed by atoms with Crippen molar-refractivity contribution in [1.29, 1.82) is 0 Å². The largest absolute Gasteiger partial charge is 0.481 e. The number of carboxylic acids is 1. The molecule has 5 heteroatoms. The second kappa shape index (κ2) is 12.4. The van der Waals surface area contributed by atoms with Crippen molar-refractivity contribution in [3.05, 3.63) is 0 Å². The highest BCUT2D eigenvalue weighted by atomic mass is 17.1. The van der Waals surface area contributed by atoms with E-state index < -0.39 is 11.9 Å². The third kappa shape index (κ3) is 13.0. The third-order valence-electron chi connectivity index (χ3n) is 2.87. The van der Waals surface area contributed by atoms with Gasteiger partial charge in [-0.2, -0.15) is 5.26 Å². The van der Waals surface area contributed by atoms with E-state index in [2.05, 4.69) is 4.89 Å². The van der Waals surface area contributed by atoms with Crippen LogP contribution in [0.3, 0.4) is 0 Å². The van der Waals surface area contributed by atoms with E-state index in [1.807, 2.05) is 0 Å². The lowest BCUT2D eigenvalue weighted by atomic mass is 10.1. The zero-order chi connectivity index (χ0) is 13.6. The van der Waals surface area contributed by atoms with Gasteiger partial charge in [-0.05, 0) is 12.8 Å². The van der Waals surface area contributed by atoms with Crippen LogP contribution in [0.2, 0.25) is 0 Å². The molecule has 106 valence electrons. The maximum atomic E-state index is 10.6. The number of hydrogen-bond acceptors (Lipinski definition) is 4. The van der Waals surface area contributed by atoms with Crippen molar-refractivity contribution in [3.63, 3.8) is 0 Å². The summed E-state index contributed by atoms with van der Waals surface area (Å²) in [5, 5.41) is 16.5. The quantitative estimate of drug-likeness (QED) is 0.319. The highest BCUT2D eigenvalue weighted by Gasteiger charge is 2.00. The van der Waals surface area contributed by atoms with E-state index in [1.54, 1.807) is 0 Å². The zero-order valence-electron chi connectivity index (χ0n) is 10.9. The normalized spacial score (nSPS) is 10.3. The molecule has 0 amide bonds. The van der Waals surface area contributed by atoms with Crippen LogP contribution in [0.4, 0.5) is 0 Å². The van der Waals surface area contributed by atoms with Gasteiger partial charge in [-0.1, -0.05) is 44.9 Å². The topological polar surface area (TPSA) is 83.8 Å². The highest BCUT2D eigenvalue weighted by molar-refractivity contribution is 5.68. The molecule has 0 aliphatic carbocycles. The molecule has 0 aliphatic rings. The van der Waals surface area contributed by atoms with E-state index in [-0.39, 0.29) is 12.8 Å². The third-order valence-corrected chi connectivity index (χ3v) is 2.87. The van der Waals surface area contributed by atoms with Gasteiger partial charge in [-0.3, -0.25) is 4.79 Å². The van der Waals surface area contributed by atoms with Gasteiger partial charge in [0.25, 0.3) is 0 Å². The van der Waals surface area contributed by atoms with Crippen LogP contribution in [-0.4, -0.2) is 22.3 Å². The first-order chi connectivity index (χ1) is 8.66. The van der Waals surface area contributed by atoms with E-state index in [9.17, 15) is 9.59 Å². The molecular formula is C13H24O5. The second-order valence-electron chi connectivity index (χ2n) is 4.54. The van der Waals surface area contributed by atoms with E-state index in [4.69, 9.17) is 10.4 Å². The number of hydrogen-bond donors (Lipinski definition) is 2. The molecule has 0 radical (unpaired) electrons. The molecule has 0 unspecified atom stereocenters. The molecule has 0 rings (SSSR count). The average molecular weight is 260 g/mol. The molecule has 0 fully saturated rings. The molecule has 0 saturated carbocycles. The van der Waals surface area contributed by atoms with Crippen molar-refractivity contribution in [1.82, 2.24) is 0 Å². The Morgan fingerprint density at radius 1 is 0.722 bits per heavy atom. The Labute approximate surface area is 108 Å². The first-order valence-corrected chi connectivity index (χ1v) is 6.73. The molecule has 0 aromatic rings. The smallest absolute Gasteiger partial charge is 0.342 e. The fourth-order valence-corrected chi connectivity index (χ4v) is 1.83. The lowest BCUT2D eigenvalue weighted by molar-refractivity contribution is -0.234. The summed E-state index contributed by atoms with van der Waals surface area (Å²) in [4.78, 5) is 24.4. The summed E-state index contributed by atoms with van der Waals surface area (Å²) >= 11 is 0. The van der Waals surface area contributed by atoms with Gasteiger partial charge < -0.3 is 9.99 Å². The van der Waals surface area contributed by atoms with Crippen LogP contribution in [0.25, 0.3) is 0 Å². The molecule has 18 heavy (non-hydrogen) atoms. The first-order valence-electron chi connectivity index (χ1n) is 6.73. The van der Waals surface area contributed by atoms with Crippen molar-refractivity contribution in [2.75, 3.05) is 0 Å². The maximum absolute atomic E-state index is 10.6. The number of carbonyl (C=O) groups is 2. The number of rotatable bonds is 12. The van der Waals surface area contributed by atoms with Gasteiger partial charge in [0.15, 0.2) is 0 Å². The molecule has 0 bridgehead atoms. The lowest BCUT2D eigenvalue weighted by Crippen LogP contribution is -1.99. The zero-order valence-corrected chi connectivity index (χ0v) is 10.9. The summed E-state index contributed by atoms with van der Waals surface area (Å²) in [6.45, 7) is 0. The molecule has 0 aromatic carbocycles. The maximum Gasteiger partial charge on any atom is 0.342 e. The minimum absolute atomic E-state index is 0.279. The Balaban J connectivity index is 3.03. The van der Waals surface area contributed by atoms with E-state index in [1.165, 1.54) is 0 Å². The first kappa shape index (κ1) is 16.9. The van der Waals surface area contributed by atoms with Crippen molar-refractivity contribution in [2.45, 2.75) is 70.6 Å². The summed E-state index contributed by atoms with van der Waals surface area (Å²) in [7, 11) is 0. The summed E-state index contributed by atoms with van der Waals surface area (Å²) in [5.74, 6) is -1.27. The Morgan fingerprint density at radius 3 is 1.50 bits per heavy atom. The second-order valence-corrected chi connectivity index (χ2v) is 4.54. The molecule has 0 saturated heterocycles. The van der Waals surface area contributed by atoms with Crippen LogP contribution >= 0.6 is 0 Å². The fraction of sp³-hybridized carbons (Fsp3) is 0.846. The summed E-state index contributed by atoms with van der Waals surface area (Å²) in [6, 6.07) is 0. The van der Waals surface area contributed by atoms with Crippen molar-refractivity contribution >= 4 is 11.9 Å². The summed E-state index contributed by atoms with van der Waals surface area (Å²) in [5.41, 5.74) is 0. The Hall–Kier alpha value is -1.10. The molecule has 0 spiro atoms. The van der Waals surface area contributed by atoms with E-state index in [0.717, 1.165) is 57.8 Å². The predicted octanol–water partition coefficient (Wildman–Crippen LogP) is 3.38. The van der Waals surface area contributed by atoms with Gasteiger partial charge in [-0.15, -0.1) is 0 Å². The molecule has 2 N–H and O–H groups in total. The van der Waals surface area contributed by atoms with Crippen LogP contribution in [0.15, 0.2) is 0 Å². The van der Waals surface area contributed by atoms with Crippen LogP contribution in [-0.2, 0) is 14.5 Å². The van der Waals surface area contributed by atoms with Gasteiger partial charge in [0, 0.05) is 12.8 Å². The standard InChI is InChI=1S/C13H24O5/c14-12(15)10-8-6-4-2-1-3-5-7-9-11-13(16)18-17/h17H,1-11H2,(H,14,15). The van der Waals surface area contributed by atoms with Crippen LogP contribution in [0, 0.1) is 0 Å². The number of unbranched alkanes of at least 4 members (excludes halogenated alkanes) is 8. The minimum Gasteiger partial charge on any atom is -0.481 e. The molecule has 0 aromatic heterocycles. The van der Waals surface area contributed by atoms with Crippen LogP contribution in [0.1, 0.15) is 70.6 Å². The van der Waals surface area contributed by atoms with E-state index in [0.29, 0.717) is 0 Å². The van der Waals surface area contributed by atoms with Gasteiger partial charge >= 0.3 is 11.9 Å². The van der Waals surface area contributed by atoms with Gasteiger partial charge in [0.1, 0.15) is 0 Å². The van der Waals surface area contributed by atoms with Crippen molar-refractivity contribution in [3.8, 4) is 0 Å². The molecular weight excluding hydrogens is 236 g/mol. The summed E-state index contributed by atoms with van der Waals surface area (Å²) in [6.07, 6.45) is 9.73. The van der Waals surface area contributed by atoms with Crippen LogP contribution < -0.4 is 0 Å². The number of aliphatic carboxylic acids is 1. The number of carboxylic acid groups (broad SMARTS) is 1. The van der Waals surface area contributed by atoms with E-state index >= 15 is 0 Å². The van der Waals surface area contributed by atoms with Crippen molar-refractivity contribution < 1.29 is 24.8 Å². The Bertz CT molecular complexity index is 227. The molecule has 0 heterocycles. The minimum atomic E-state index is -0.712. The predicted molar refractivity (Wildman–Crippen MR) is 67.1 cm³/mol. The Kier molecular flexibility index (Phi) is 11.6. The monoisotopic (exact) mass is 260 g/mol. The molecule has 0 atom stereocenters. The molecule has 0 aliphatic heterocycles. The fourth-order valence-electron chi connectivity index (χ4n) is 1.83. The average Bonchev–Trinajstić information content (AvgIpc) is 2.35. The lowest BCUT2D eigenvalue weighted by Gasteiger charge is -2.01. The van der Waals surface area contributed by atoms with Crippen LogP contribution in [0.5, 0.6) is 0 Å². The SMILES string of the molecule is O=C(O)CCCCCCCCCCCC(=O)OO. The van der Waals surface area contributed by atoms with Gasteiger partial charge in [-0.25, -0.2) is 4.79 Å². The highest BCUT2D eigenvalue weighted by Crippen LogP contribution is 2.11.